The molecule has 0 amide bonds. The molecular weight excluding hydrogens is 530 g/mol. The molecule has 0 fully saturated rings. The number of nitrogens with zero attached hydrogens (tertiary/aromatic N) is 1. The Bertz CT molecular complexity index is 1300. The number of hydrogen-bond donors (Lipinski definition) is 2. The molecule has 0 aliphatic carbocycles. The topological polar surface area (TPSA) is 84.3 Å². The van der Waals surface area contributed by atoms with E-state index in [1.165, 1.54) is 19.4 Å². The Labute approximate surface area is 185 Å². The third-order valence-electron chi connectivity index (χ3n) is 4.42. The lowest BCUT2D eigenvalue weighted by Gasteiger charge is -2.00. The minimum Gasteiger partial charge on any atom is -0.478 e. The van der Waals surface area contributed by atoms with Gasteiger partial charge in [-0.2, -0.15) is 0 Å². The number of carbonyl (C=O) groups is 2. The number of carbonyl (C=O) groups excluding carboxylic acids is 1. The van der Waals surface area contributed by atoms with Crippen LogP contribution in [-0.4, -0.2) is 33.7 Å². The van der Waals surface area contributed by atoms with Crippen LogP contribution in [0, 0.1) is 11.6 Å². The Morgan fingerprint density at radius 1 is 1.03 bits per heavy atom. The number of rotatable bonds is 2. The van der Waals surface area contributed by atoms with Crippen molar-refractivity contribution in [1.29, 1.82) is 0 Å². The monoisotopic (exact) mass is 542 g/mol. The summed E-state index contributed by atoms with van der Waals surface area (Å²) in [6, 6.07) is 6.30. The van der Waals surface area contributed by atoms with E-state index in [-0.39, 0.29) is 16.9 Å². The maximum absolute atomic E-state index is 13.8. The van der Waals surface area contributed by atoms with Gasteiger partial charge in [-0.05, 0) is 44.0 Å². The number of halogens is 4. The molecule has 6 nitrogen and oxygen atoms in total. The molecule has 0 atom stereocenters. The van der Waals surface area contributed by atoms with E-state index in [0.717, 1.165) is 0 Å². The summed E-state index contributed by atoms with van der Waals surface area (Å²) >= 11 is 6.13. The van der Waals surface area contributed by atoms with Crippen molar-refractivity contribution < 1.29 is 28.2 Å². The molecular formula is C20H14Br2F2N2O4. The highest BCUT2D eigenvalue weighted by atomic mass is 79.9. The van der Waals surface area contributed by atoms with Crippen LogP contribution in [0.25, 0.3) is 21.8 Å². The van der Waals surface area contributed by atoms with Gasteiger partial charge in [-0.15, -0.1) is 0 Å². The number of aryl methyl sites for hydroxylation is 1. The summed E-state index contributed by atoms with van der Waals surface area (Å²) in [5, 5.41) is 9.70. The van der Waals surface area contributed by atoms with Crippen LogP contribution in [0.3, 0.4) is 0 Å². The number of methoxy groups -OCH3 is 1. The summed E-state index contributed by atoms with van der Waals surface area (Å²) in [5.41, 5.74) is 1.03. The Morgan fingerprint density at radius 2 is 1.63 bits per heavy atom. The summed E-state index contributed by atoms with van der Waals surface area (Å²) in [6.45, 7) is 0. The van der Waals surface area contributed by atoms with Crippen LogP contribution in [0.1, 0.15) is 20.7 Å². The molecule has 0 aliphatic heterocycles. The van der Waals surface area contributed by atoms with Gasteiger partial charge in [-0.25, -0.2) is 18.4 Å². The lowest BCUT2D eigenvalue weighted by Crippen LogP contribution is -1.99. The number of benzene rings is 2. The van der Waals surface area contributed by atoms with Gasteiger partial charge < -0.3 is 19.4 Å². The number of esters is 1. The van der Waals surface area contributed by atoms with Crippen molar-refractivity contribution in [2.45, 2.75) is 0 Å². The second-order valence-corrected chi connectivity index (χ2v) is 7.90. The zero-order valence-corrected chi connectivity index (χ0v) is 18.8. The first kappa shape index (κ1) is 22.0. The van der Waals surface area contributed by atoms with Crippen LogP contribution >= 0.6 is 31.9 Å². The fraction of sp³-hybridized carbons (Fsp3) is 0.100. The molecule has 0 saturated heterocycles. The van der Waals surface area contributed by atoms with Gasteiger partial charge in [-0.3, -0.25) is 0 Å². The molecule has 0 radical (unpaired) electrons. The molecule has 2 aromatic heterocycles. The van der Waals surface area contributed by atoms with Gasteiger partial charge in [0.2, 0.25) is 0 Å². The zero-order chi connectivity index (χ0) is 22.2. The second-order valence-electron chi connectivity index (χ2n) is 6.19. The van der Waals surface area contributed by atoms with Crippen molar-refractivity contribution in [1.82, 2.24) is 9.55 Å². The number of nitrogens with one attached hydrogen (secondary N) is 1. The van der Waals surface area contributed by atoms with Crippen molar-refractivity contribution in [2.75, 3.05) is 7.11 Å². The first-order valence-electron chi connectivity index (χ1n) is 8.37. The Morgan fingerprint density at radius 3 is 2.23 bits per heavy atom. The van der Waals surface area contributed by atoms with Gasteiger partial charge >= 0.3 is 11.9 Å². The molecule has 4 aromatic rings. The number of carboxylic acids is 1. The fourth-order valence-corrected chi connectivity index (χ4v) is 3.67. The SMILES string of the molecule is COC(=O)c1cn(C)c2c(F)c(Br)ccc12.O=C(O)c1c[nH]c2c(F)c(Br)ccc12. The molecule has 4 rings (SSSR count). The van der Waals surface area contributed by atoms with Crippen LogP contribution in [0.4, 0.5) is 8.78 Å². The number of hydrogen-bond acceptors (Lipinski definition) is 3. The van der Waals surface area contributed by atoms with Gasteiger partial charge in [-0.1, -0.05) is 12.1 Å². The van der Waals surface area contributed by atoms with Gasteiger partial charge in [0.15, 0.2) is 11.6 Å². The first-order chi connectivity index (χ1) is 14.2. The molecule has 10 heteroatoms. The third kappa shape index (κ3) is 3.84. The molecule has 156 valence electrons. The number of aromatic carboxylic acids is 1. The Hall–Kier alpha value is -2.72. The number of carboxylic acid groups (broad SMARTS) is 1. The van der Waals surface area contributed by atoms with Crippen molar-refractivity contribution in [3.05, 3.63) is 68.4 Å². The van der Waals surface area contributed by atoms with Gasteiger partial charge in [0.05, 0.1) is 38.2 Å². The average Bonchev–Trinajstić information content (AvgIpc) is 3.29. The maximum Gasteiger partial charge on any atom is 0.340 e. The summed E-state index contributed by atoms with van der Waals surface area (Å²) in [5.74, 6) is -2.39. The largest absolute Gasteiger partial charge is 0.478 e. The van der Waals surface area contributed by atoms with E-state index in [1.54, 1.807) is 36.0 Å². The molecule has 0 bridgehead atoms. The minimum atomic E-state index is -1.07. The summed E-state index contributed by atoms with van der Waals surface area (Å²) in [6.07, 6.45) is 2.84. The summed E-state index contributed by atoms with van der Waals surface area (Å²) < 4.78 is 34.1. The van der Waals surface area contributed by atoms with E-state index in [1.807, 2.05) is 0 Å². The van der Waals surface area contributed by atoms with E-state index in [9.17, 15) is 18.4 Å². The lowest BCUT2D eigenvalue weighted by molar-refractivity contribution is 0.0601. The molecule has 2 aromatic carbocycles. The van der Waals surface area contributed by atoms with Crippen LogP contribution in [0.2, 0.25) is 0 Å². The van der Waals surface area contributed by atoms with Crippen LogP contribution in [-0.2, 0) is 11.8 Å². The van der Waals surface area contributed by atoms with E-state index in [2.05, 4.69) is 41.6 Å². The zero-order valence-electron chi connectivity index (χ0n) is 15.6. The first-order valence-corrected chi connectivity index (χ1v) is 9.95. The molecule has 0 spiro atoms. The average molecular weight is 544 g/mol. The van der Waals surface area contributed by atoms with E-state index >= 15 is 0 Å². The highest BCUT2D eigenvalue weighted by Crippen LogP contribution is 2.29. The second kappa shape index (κ2) is 8.57. The lowest BCUT2D eigenvalue weighted by atomic mass is 10.2. The molecule has 2 N–H and O–H groups in total. The van der Waals surface area contributed by atoms with E-state index < -0.39 is 17.8 Å². The van der Waals surface area contributed by atoms with Gasteiger partial charge in [0, 0.05) is 30.2 Å². The van der Waals surface area contributed by atoms with Crippen LogP contribution in [0.15, 0.2) is 45.6 Å². The highest BCUT2D eigenvalue weighted by molar-refractivity contribution is 9.10. The summed E-state index contributed by atoms with van der Waals surface area (Å²) in [7, 11) is 2.99. The van der Waals surface area contributed by atoms with Crippen molar-refractivity contribution in [2.24, 2.45) is 7.05 Å². The van der Waals surface area contributed by atoms with E-state index in [4.69, 9.17) is 5.11 Å². The van der Waals surface area contributed by atoms with Gasteiger partial charge in [0.25, 0.3) is 0 Å². The summed E-state index contributed by atoms with van der Waals surface area (Å²) in [4.78, 5) is 24.8. The van der Waals surface area contributed by atoms with Crippen molar-refractivity contribution >= 4 is 65.6 Å². The quantitative estimate of drug-likeness (QED) is 0.321. The maximum atomic E-state index is 13.8. The molecule has 0 aliphatic rings. The molecule has 2 heterocycles. The molecule has 30 heavy (non-hydrogen) atoms. The normalized spacial score (nSPS) is 10.7. The Balaban J connectivity index is 0.000000172. The minimum absolute atomic E-state index is 0.0754. The van der Waals surface area contributed by atoms with Crippen LogP contribution < -0.4 is 0 Å². The van der Waals surface area contributed by atoms with Crippen molar-refractivity contribution in [3.63, 3.8) is 0 Å². The standard InChI is InChI=1S/C11H9BrFNO2.C9H5BrFNO2/c1-14-5-7(11(15)16-2)6-3-4-8(12)9(13)10(6)14;10-6-2-1-4-5(9(13)14)3-12-8(4)7(6)11/h3-5H,1-2H3;1-3,12H,(H,13,14). The molecule has 0 saturated carbocycles. The Kier molecular flexibility index (Phi) is 6.27. The number of ether oxygens (including phenoxy) is 1. The smallest absolute Gasteiger partial charge is 0.340 e. The predicted octanol–water partition coefficient (Wildman–Crippen LogP) is 5.63. The number of aromatic amines is 1. The fourth-order valence-electron chi connectivity index (χ4n) is 3.02. The predicted molar refractivity (Wildman–Crippen MR) is 115 cm³/mol. The number of fused-ring (bicyclic) bond motifs is 2. The highest BCUT2D eigenvalue weighted by Gasteiger charge is 2.18. The number of aromatic nitrogens is 2. The van der Waals surface area contributed by atoms with E-state index in [0.29, 0.717) is 30.8 Å². The molecule has 0 unspecified atom stereocenters. The number of H-pyrrole nitrogens is 1. The third-order valence-corrected chi connectivity index (χ3v) is 5.64. The van der Waals surface area contributed by atoms with Crippen molar-refractivity contribution in [3.8, 4) is 0 Å². The van der Waals surface area contributed by atoms with Gasteiger partial charge in [0.1, 0.15) is 0 Å². The van der Waals surface area contributed by atoms with Crippen LogP contribution in [0.5, 0.6) is 0 Å².